The normalized spacial score (nSPS) is 15.8. The molecule has 0 radical (unpaired) electrons. The second-order valence-electron chi connectivity index (χ2n) is 5.89. The monoisotopic (exact) mass is 283 g/mol. The minimum absolute atomic E-state index is 0.0640. The van der Waals surface area contributed by atoms with Crippen molar-refractivity contribution in [3.63, 3.8) is 0 Å². The Labute approximate surface area is 125 Å². The van der Waals surface area contributed by atoms with Gasteiger partial charge in [-0.1, -0.05) is 18.2 Å². The first kappa shape index (κ1) is 13.9. The zero-order chi connectivity index (χ0) is 15.0. The molecule has 4 nitrogen and oxygen atoms in total. The van der Waals surface area contributed by atoms with Crippen LogP contribution in [0.1, 0.15) is 35.8 Å². The van der Waals surface area contributed by atoms with Crippen molar-refractivity contribution in [2.24, 2.45) is 5.92 Å². The molecule has 1 aliphatic carbocycles. The Morgan fingerprint density at radius 2 is 2.00 bits per heavy atom. The Kier molecular flexibility index (Phi) is 3.53. The molecule has 1 aromatic carbocycles. The number of rotatable bonds is 4. The van der Waals surface area contributed by atoms with Gasteiger partial charge in [0.2, 0.25) is 0 Å². The number of amides is 1. The second kappa shape index (κ2) is 5.35. The molecule has 4 heteroatoms. The number of carbonyl (C=O) groups excluding carboxylic acids is 1. The summed E-state index contributed by atoms with van der Waals surface area (Å²) in [5, 5.41) is 4.38. The number of aromatic nitrogens is 2. The van der Waals surface area contributed by atoms with Gasteiger partial charge in [-0.15, -0.1) is 0 Å². The highest BCUT2D eigenvalue weighted by Crippen LogP contribution is 2.35. The third-order valence-electron chi connectivity index (χ3n) is 4.48. The molecule has 110 valence electrons. The Morgan fingerprint density at radius 1 is 1.33 bits per heavy atom. The van der Waals surface area contributed by atoms with E-state index in [1.165, 1.54) is 12.8 Å². The molecule has 0 bridgehead atoms. The third kappa shape index (κ3) is 2.58. The number of hydrogen-bond donors (Lipinski definition) is 0. The van der Waals surface area contributed by atoms with Crippen LogP contribution in [0.25, 0.3) is 5.69 Å². The maximum atomic E-state index is 12.7. The summed E-state index contributed by atoms with van der Waals surface area (Å²) in [6.07, 6.45) is 4.16. The quantitative estimate of drug-likeness (QED) is 0.865. The van der Waals surface area contributed by atoms with Gasteiger partial charge < -0.3 is 4.90 Å². The highest BCUT2D eigenvalue weighted by atomic mass is 16.2. The van der Waals surface area contributed by atoms with Gasteiger partial charge >= 0.3 is 0 Å². The fourth-order valence-corrected chi connectivity index (χ4v) is 2.72. The summed E-state index contributed by atoms with van der Waals surface area (Å²) in [6.45, 7) is 4.08. The average Bonchev–Trinajstić information content (AvgIpc) is 3.29. The van der Waals surface area contributed by atoms with Crippen molar-refractivity contribution in [1.29, 1.82) is 0 Å². The van der Waals surface area contributed by atoms with E-state index in [-0.39, 0.29) is 5.91 Å². The lowest BCUT2D eigenvalue weighted by Gasteiger charge is -2.24. The summed E-state index contributed by atoms with van der Waals surface area (Å²) < 4.78 is 1.82. The number of carbonyl (C=O) groups is 1. The molecular weight excluding hydrogens is 262 g/mol. The molecule has 1 heterocycles. The van der Waals surface area contributed by atoms with E-state index >= 15 is 0 Å². The smallest absolute Gasteiger partial charge is 0.257 e. The molecule has 1 fully saturated rings. The van der Waals surface area contributed by atoms with Crippen molar-refractivity contribution in [1.82, 2.24) is 14.7 Å². The zero-order valence-electron chi connectivity index (χ0n) is 12.8. The molecular formula is C17H21N3O. The molecule has 1 aromatic heterocycles. The van der Waals surface area contributed by atoms with Crippen molar-refractivity contribution < 1.29 is 4.79 Å². The van der Waals surface area contributed by atoms with Gasteiger partial charge in [0, 0.05) is 13.1 Å². The standard InChI is InChI=1S/C17H21N3O/c1-12(14-9-10-14)19(3)17(21)16-11-18-20(13(16)2)15-7-5-4-6-8-15/h4-8,11-12,14H,9-10H2,1-3H3. The highest BCUT2D eigenvalue weighted by Gasteiger charge is 2.33. The van der Waals surface area contributed by atoms with E-state index in [2.05, 4.69) is 12.0 Å². The second-order valence-corrected chi connectivity index (χ2v) is 5.89. The van der Waals surface area contributed by atoms with Crippen molar-refractivity contribution in [3.8, 4) is 5.69 Å². The number of para-hydroxylation sites is 1. The first-order valence-corrected chi connectivity index (χ1v) is 7.47. The van der Waals surface area contributed by atoms with Crippen LogP contribution in [-0.4, -0.2) is 33.7 Å². The Morgan fingerprint density at radius 3 is 2.62 bits per heavy atom. The third-order valence-corrected chi connectivity index (χ3v) is 4.48. The largest absolute Gasteiger partial charge is 0.339 e. The number of benzene rings is 1. The molecule has 1 amide bonds. The lowest BCUT2D eigenvalue weighted by molar-refractivity contribution is 0.0726. The van der Waals surface area contributed by atoms with Crippen LogP contribution in [0.2, 0.25) is 0 Å². The van der Waals surface area contributed by atoms with E-state index in [4.69, 9.17) is 0 Å². The van der Waals surface area contributed by atoms with Crippen molar-refractivity contribution in [3.05, 3.63) is 47.8 Å². The molecule has 1 atom stereocenters. The van der Waals surface area contributed by atoms with E-state index in [1.807, 2.05) is 53.9 Å². The van der Waals surface area contributed by atoms with Gasteiger partial charge in [-0.3, -0.25) is 4.79 Å². The Hall–Kier alpha value is -2.10. The van der Waals surface area contributed by atoms with Crippen LogP contribution in [-0.2, 0) is 0 Å². The Balaban J connectivity index is 1.86. The fraction of sp³-hybridized carbons (Fsp3) is 0.412. The van der Waals surface area contributed by atoms with Crippen LogP contribution < -0.4 is 0 Å². The molecule has 0 spiro atoms. The minimum atomic E-state index is 0.0640. The minimum Gasteiger partial charge on any atom is -0.339 e. The molecule has 0 N–H and O–H groups in total. The van der Waals surface area contributed by atoms with Crippen LogP contribution in [0.5, 0.6) is 0 Å². The van der Waals surface area contributed by atoms with Crippen LogP contribution in [0, 0.1) is 12.8 Å². The first-order chi connectivity index (χ1) is 10.1. The van der Waals surface area contributed by atoms with Gasteiger partial charge in [-0.05, 0) is 44.7 Å². The summed E-state index contributed by atoms with van der Waals surface area (Å²) in [5.41, 5.74) is 2.56. The molecule has 0 saturated heterocycles. The first-order valence-electron chi connectivity index (χ1n) is 7.47. The number of hydrogen-bond acceptors (Lipinski definition) is 2. The van der Waals surface area contributed by atoms with Gasteiger partial charge in [0.05, 0.1) is 23.1 Å². The van der Waals surface area contributed by atoms with Gasteiger partial charge in [0.25, 0.3) is 5.91 Å². The predicted octanol–water partition coefficient (Wildman–Crippen LogP) is 3.05. The summed E-state index contributed by atoms with van der Waals surface area (Å²) in [6, 6.07) is 10.2. The predicted molar refractivity (Wildman–Crippen MR) is 82.6 cm³/mol. The van der Waals surface area contributed by atoms with E-state index in [0.717, 1.165) is 11.4 Å². The Bertz CT molecular complexity index is 643. The van der Waals surface area contributed by atoms with E-state index in [9.17, 15) is 4.79 Å². The highest BCUT2D eigenvalue weighted by molar-refractivity contribution is 5.95. The molecule has 2 aromatic rings. The summed E-state index contributed by atoms with van der Waals surface area (Å²) >= 11 is 0. The van der Waals surface area contributed by atoms with Crippen molar-refractivity contribution in [2.75, 3.05) is 7.05 Å². The van der Waals surface area contributed by atoms with Crippen molar-refractivity contribution in [2.45, 2.75) is 32.7 Å². The molecule has 1 aliphatic rings. The zero-order valence-corrected chi connectivity index (χ0v) is 12.8. The van der Waals surface area contributed by atoms with E-state index < -0.39 is 0 Å². The molecule has 0 aliphatic heterocycles. The molecule has 3 rings (SSSR count). The van der Waals surface area contributed by atoms with Crippen molar-refractivity contribution >= 4 is 5.91 Å². The molecule has 1 saturated carbocycles. The van der Waals surface area contributed by atoms with Gasteiger partial charge in [-0.2, -0.15) is 5.10 Å². The number of nitrogens with zero attached hydrogens (tertiary/aromatic N) is 3. The van der Waals surface area contributed by atoms with E-state index in [0.29, 0.717) is 17.5 Å². The maximum Gasteiger partial charge on any atom is 0.257 e. The summed E-state index contributed by atoms with van der Waals surface area (Å²) in [7, 11) is 1.89. The maximum absolute atomic E-state index is 12.7. The van der Waals surface area contributed by atoms with Crippen LogP contribution in [0.3, 0.4) is 0 Å². The van der Waals surface area contributed by atoms with Crippen LogP contribution >= 0.6 is 0 Å². The lowest BCUT2D eigenvalue weighted by atomic mass is 10.1. The fourth-order valence-electron chi connectivity index (χ4n) is 2.72. The average molecular weight is 283 g/mol. The van der Waals surface area contributed by atoms with E-state index in [1.54, 1.807) is 6.20 Å². The SMILES string of the molecule is Cc1c(C(=O)N(C)C(C)C2CC2)cnn1-c1ccccc1. The lowest BCUT2D eigenvalue weighted by Crippen LogP contribution is -2.36. The van der Waals surface area contributed by atoms with Gasteiger partial charge in [0.15, 0.2) is 0 Å². The van der Waals surface area contributed by atoms with Crippen LogP contribution in [0.15, 0.2) is 36.5 Å². The van der Waals surface area contributed by atoms with Gasteiger partial charge in [0.1, 0.15) is 0 Å². The van der Waals surface area contributed by atoms with Gasteiger partial charge in [-0.25, -0.2) is 4.68 Å². The summed E-state index contributed by atoms with van der Waals surface area (Å²) in [4.78, 5) is 14.5. The molecule has 1 unspecified atom stereocenters. The topological polar surface area (TPSA) is 38.1 Å². The molecule has 21 heavy (non-hydrogen) atoms. The van der Waals surface area contributed by atoms with Crippen LogP contribution in [0.4, 0.5) is 0 Å². The summed E-state index contributed by atoms with van der Waals surface area (Å²) in [5.74, 6) is 0.734.